The topological polar surface area (TPSA) is 124 Å². The van der Waals surface area contributed by atoms with Crippen LogP contribution in [0.1, 0.15) is 15.9 Å². The number of carbonyl (C=O) groups excluding carboxylic acids is 2. The molecule has 0 heterocycles. The van der Waals surface area contributed by atoms with E-state index in [1.165, 1.54) is 24.3 Å². The summed E-state index contributed by atoms with van der Waals surface area (Å²) in [6.45, 7) is -1.14. The number of aliphatic carboxylic acids is 1. The lowest BCUT2D eigenvalue weighted by Crippen LogP contribution is -2.41. The molecule has 0 bridgehead atoms. The molecule has 0 aliphatic rings. The van der Waals surface area contributed by atoms with Crippen molar-refractivity contribution in [3.63, 3.8) is 0 Å². The lowest BCUT2D eigenvalue weighted by molar-refractivity contribution is -0.138. The van der Waals surface area contributed by atoms with Crippen molar-refractivity contribution >= 4 is 17.8 Å². The van der Waals surface area contributed by atoms with E-state index < -0.39 is 30.9 Å². The van der Waals surface area contributed by atoms with Gasteiger partial charge in [0.15, 0.2) is 0 Å². The summed E-state index contributed by atoms with van der Waals surface area (Å²) in [4.78, 5) is 34.3. The van der Waals surface area contributed by atoms with Gasteiger partial charge in [-0.15, -0.1) is 0 Å². The molecule has 0 fully saturated rings. The molecule has 0 spiro atoms. The number of nitrogens with zero attached hydrogens (tertiary/aromatic N) is 2. The maximum atomic E-state index is 12.0. The number of primary amides is 1. The Kier molecular flexibility index (Phi) is 4.60. The molecule has 0 unspecified atom stereocenters. The van der Waals surface area contributed by atoms with E-state index >= 15 is 0 Å². The van der Waals surface area contributed by atoms with Gasteiger partial charge in [-0.25, -0.2) is 0 Å². The van der Waals surface area contributed by atoms with Crippen molar-refractivity contribution in [2.75, 3.05) is 13.1 Å². The minimum Gasteiger partial charge on any atom is -0.480 e. The highest BCUT2D eigenvalue weighted by atomic mass is 16.4. The van der Waals surface area contributed by atoms with Gasteiger partial charge < -0.3 is 15.7 Å². The van der Waals surface area contributed by atoms with Crippen LogP contribution in [0.15, 0.2) is 24.3 Å². The molecule has 0 saturated carbocycles. The van der Waals surface area contributed by atoms with Crippen LogP contribution in [0.25, 0.3) is 0 Å². The maximum Gasteiger partial charge on any atom is 0.323 e. The van der Waals surface area contributed by atoms with Crippen molar-refractivity contribution < 1.29 is 19.5 Å². The normalized spacial score (nSPS) is 9.42. The van der Waals surface area contributed by atoms with Crippen molar-refractivity contribution in [1.29, 1.82) is 5.26 Å². The molecule has 0 aromatic heterocycles. The minimum atomic E-state index is -1.26. The molecule has 19 heavy (non-hydrogen) atoms. The summed E-state index contributed by atoms with van der Waals surface area (Å²) in [5.74, 6) is -2.74. The molecule has 0 atom stereocenters. The molecule has 0 aliphatic heterocycles. The van der Waals surface area contributed by atoms with Crippen LogP contribution in [0, 0.1) is 11.3 Å². The summed E-state index contributed by atoms with van der Waals surface area (Å²) in [5, 5.41) is 17.4. The summed E-state index contributed by atoms with van der Waals surface area (Å²) < 4.78 is 0. The molecule has 1 rings (SSSR count). The average Bonchev–Trinajstić information content (AvgIpc) is 2.36. The molecule has 2 amide bonds. The molecule has 98 valence electrons. The number of carboxylic acids is 1. The molecular weight excluding hydrogens is 250 g/mol. The number of nitriles is 1. The Morgan fingerprint density at radius 3 is 2.53 bits per heavy atom. The van der Waals surface area contributed by atoms with Crippen LogP contribution >= 0.6 is 0 Å². The molecule has 7 heteroatoms. The van der Waals surface area contributed by atoms with Crippen LogP contribution in [0.4, 0.5) is 0 Å². The van der Waals surface area contributed by atoms with Crippen LogP contribution in [-0.4, -0.2) is 40.9 Å². The summed E-state index contributed by atoms with van der Waals surface area (Å²) in [6, 6.07) is 7.61. The maximum absolute atomic E-state index is 12.0. The average molecular weight is 261 g/mol. The Labute approximate surface area is 108 Å². The largest absolute Gasteiger partial charge is 0.480 e. The summed E-state index contributed by atoms with van der Waals surface area (Å²) >= 11 is 0. The summed E-state index contributed by atoms with van der Waals surface area (Å²) in [5.41, 5.74) is 5.35. The summed E-state index contributed by atoms with van der Waals surface area (Å²) in [6.07, 6.45) is 0. The number of rotatable bonds is 5. The van der Waals surface area contributed by atoms with Crippen molar-refractivity contribution in [1.82, 2.24) is 4.90 Å². The zero-order chi connectivity index (χ0) is 14.4. The van der Waals surface area contributed by atoms with E-state index in [1.54, 1.807) is 0 Å². The van der Waals surface area contributed by atoms with Gasteiger partial charge in [0.2, 0.25) is 5.91 Å². The number of carboxylic acid groups (broad SMARTS) is 1. The number of hydrogen-bond donors (Lipinski definition) is 2. The molecule has 0 radical (unpaired) electrons. The van der Waals surface area contributed by atoms with Gasteiger partial charge >= 0.3 is 5.97 Å². The second-order valence-corrected chi connectivity index (χ2v) is 3.71. The van der Waals surface area contributed by atoms with E-state index in [2.05, 4.69) is 0 Å². The Morgan fingerprint density at radius 1 is 1.32 bits per heavy atom. The fourth-order valence-electron chi connectivity index (χ4n) is 1.46. The van der Waals surface area contributed by atoms with Crippen LogP contribution in [0.3, 0.4) is 0 Å². The van der Waals surface area contributed by atoms with Gasteiger partial charge in [-0.3, -0.25) is 14.4 Å². The van der Waals surface area contributed by atoms with Crippen molar-refractivity contribution in [2.45, 2.75) is 0 Å². The van der Waals surface area contributed by atoms with Crippen LogP contribution in [-0.2, 0) is 9.59 Å². The van der Waals surface area contributed by atoms with E-state index in [-0.39, 0.29) is 11.1 Å². The van der Waals surface area contributed by atoms with Crippen molar-refractivity contribution in [3.8, 4) is 6.07 Å². The van der Waals surface area contributed by atoms with E-state index in [0.29, 0.717) is 0 Å². The monoisotopic (exact) mass is 261 g/mol. The van der Waals surface area contributed by atoms with Gasteiger partial charge in [0.25, 0.3) is 5.91 Å². The Bertz CT molecular complexity index is 546. The number of nitrogens with two attached hydrogens (primary N) is 1. The number of hydrogen-bond acceptors (Lipinski definition) is 4. The third kappa shape index (κ3) is 4.12. The molecule has 0 aliphatic carbocycles. The smallest absolute Gasteiger partial charge is 0.323 e. The summed E-state index contributed by atoms with van der Waals surface area (Å²) in [7, 11) is 0. The first-order chi connectivity index (χ1) is 8.93. The molecule has 7 nitrogen and oxygen atoms in total. The zero-order valence-corrected chi connectivity index (χ0v) is 9.87. The van der Waals surface area contributed by atoms with Crippen LogP contribution in [0.5, 0.6) is 0 Å². The van der Waals surface area contributed by atoms with E-state index in [9.17, 15) is 14.4 Å². The SMILES string of the molecule is N#Cc1cccc(C(=O)N(CC(N)=O)CC(=O)O)c1. The number of amides is 2. The minimum absolute atomic E-state index is 0.126. The Hall–Kier alpha value is -2.88. The quantitative estimate of drug-likeness (QED) is 0.744. The standard InChI is InChI=1S/C12H11N3O4/c13-5-8-2-1-3-9(4-8)12(19)15(6-10(14)16)7-11(17)18/h1-4H,6-7H2,(H2,14,16)(H,17,18). The van der Waals surface area contributed by atoms with Gasteiger partial charge in [-0.05, 0) is 18.2 Å². The predicted octanol–water partition coefficient (Wildman–Crippen LogP) is -0.430. The number of benzene rings is 1. The zero-order valence-electron chi connectivity index (χ0n) is 9.87. The highest BCUT2D eigenvalue weighted by molar-refractivity contribution is 5.98. The highest BCUT2D eigenvalue weighted by Gasteiger charge is 2.20. The van der Waals surface area contributed by atoms with E-state index in [4.69, 9.17) is 16.1 Å². The Balaban J connectivity index is 3.00. The van der Waals surface area contributed by atoms with E-state index in [1.807, 2.05) is 6.07 Å². The lowest BCUT2D eigenvalue weighted by Gasteiger charge is -2.18. The number of carbonyl (C=O) groups is 3. The van der Waals surface area contributed by atoms with Gasteiger partial charge in [0.05, 0.1) is 11.6 Å². The first-order valence-electron chi connectivity index (χ1n) is 5.23. The molecule has 0 saturated heterocycles. The fraction of sp³-hybridized carbons (Fsp3) is 0.167. The van der Waals surface area contributed by atoms with Crippen LogP contribution in [0.2, 0.25) is 0 Å². The van der Waals surface area contributed by atoms with Gasteiger partial charge in [-0.2, -0.15) is 5.26 Å². The van der Waals surface area contributed by atoms with Crippen molar-refractivity contribution in [2.24, 2.45) is 5.73 Å². The third-order valence-corrected chi connectivity index (χ3v) is 2.20. The Morgan fingerprint density at radius 2 is 2.00 bits per heavy atom. The first kappa shape index (κ1) is 14.2. The second-order valence-electron chi connectivity index (χ2n) is 3.71. The first-order valence-corrected chi connectivity index (χ1v) is 5.23. The van der Waals surface area contributed by atoms with Gasteiger partial charge in [0, 0.05) is 5.56 Å². The molecule has 3 N–H and O–H groups in total. The highest BCUT2D eigenvalue weighted by Crippen LogP contribution is 2.08. The fourth-order valence-corrected chi connectivity index (χ4v) is 1.46. The molecule has 1 aromatic rings. The second kappa shape index (κ2) is 6.16. The van der Waals surface area contributed by atoms with Crippen molar-refractivity contribution in [3.05, 3.63) is 35.4 Å². The van der Waals surface area contributed by atoms with E-state index in [0.717, 1.165) is 4.90 Å². The van der Waals surface area contributed by atoms with Crippen LogP contribution < -0.4 is 5.73 Å². The third-order valence-electron chi connectivity index (χ3n) is 2.20. The molecule has 1 aromatic carbocycles. The van der Waals surface area contributed by atoms with Gasteiger partial charge in [-0.1, -0.05) is 6.07 Å². The predicted molar refractivity (Wildman–Crippen MR) is 63.9 cm³/mol. The van der Waals surface area contributed by atoms with Gasteiger partial charge in [0.1, 0.15) is 13.1 Å². The lowest BCUT2D eigenvalue weighted by atomic mass is 10.1. The molecular formula is C12H11N3O4.